The van der Waals surface area contributed by atoms with Gasteiger partial charge in [0, 0.05) is 12.5 Å². The van der Waals surface area contributed by atoms with Crippen LogP contribution in [0.5, 0.6) is 0 Å². The van der Waals surface area contributed by atoms with E-state index in [0.29, 0.717) is 27.1 Å². The average Bonchev–Trinajstić information content (AvgIpc) is 1.63. The van der Waals surface area contributed by atoms with Gasteiger partial charge in [-0.3, -0.25) is 0 Å². The number of allylic oxidation sites excluding steroid dienone is 2. The van der Waals surface area contributed by atoms with Gasteiger partial charge in [0.2, 0.25) is 0 Å². The molecule has 0 nitrogen and oxygen atoms in total. The lowest BCUT2D eigenvalue weighted by molar-refractivity contribution is 0.0421. The number of benzene rings is 2. The smallest absolute Gasteiger partial charge is 0.0146 e. The molecule has 2 aromatic carbocycles. The van der Waals surface area contributed by atoms with Crippen molar-refractivity contribution in [2.24, 2.45) is 151 Å². The summed E-state index contributed by atoms with van der Waals surface area (Å²) in [4.78, 5) is 0. The van der Waals surface area contributed by atoms with Gasteiger partial charge in [0.15, 0.2) is 0 Å². The molecule has 12 unspecified atom stereocenters. The molecule has 2 aromatic rings. The van der Waals surface area contributed by atoms with Gasteiger partial charge in [-0.05, 0) is 266 Å². The van der Waals surface area contributed by atoms with Crippen molar-refractivity contribution in [3.63, 3.8) is 0 Å². The minimum Gasteiger partial charge on any atom is -0.0883 e. The van der Waals surface area contributed by atoms with E-state index in [4.69, 9.17) is 0 Å². The topological polar surface area (TPSA) is 0 Å². The Morgan fingerprint density at radius 1 is 0.298 bits per heavy atom. The minimum atomic E-state index is 0. The van der Waals surface area contributed by atoms with Crippen LogP contribution in [0.2, 0.25) is 0 Å². The lowest BCUT2D eigenvalue weighted by Crippen LogP contribution is -2.36. The molecule has 10 fully saturated rings. The summed E-state index contributed by atoms with van der Waals surface area (Å²) in [5, 5.41) is 0. The Morgan fingerprint density at radius 2 is 0.567 bits per heavy atom. The Bertz CT molecular complexity index is 2780. The normalized spacial score (nSPS) is 27.0. The van der Waals surface area contributed by atoms with Gasteiger partial charge in [0.05, 0.1) is 0 Å². The summed E-state index contributed by atoms with van der Waals surface area (Å²) in [7, 11) is 0. The van der Waals surface area contributed by atoms with Crippen molar-refractivity contribution in [1.29, 1.82) is 0 Å². The third-order valence-electron chi connectivity index (χ3n) is 40.9. The van der Waals surface area contributed by atoms with Crippen molar-refractivity contribution < 1.29 is 7.13 Å². The van der Waals surface area contributed by atoms with E-state index in [1.165, 1.54) is 354 Å². The molecule has 0 heterocycles. The van der Waals surface area contributed by atoms with E-state index in [9.17, 15) is 0 Å². The number of unbranched alkanes of at least 4 members (excludes halogenated alkanes) is 5. The average molecular weight is 1980 g/mol. The molecule has 10 saturated carbocycles. The van der Waals surface area contributed by atoms with Crippen molar-refractivity contribution in [1.82, 2.24) is 0 Å². The molecule has 0 N–H and O–H groups in total. The molecule has 0 amide bonds. The summed E-state index contributed by atoms with van der Waals surface area (Å²) in [6, 6.07) is 17.7. The first-order chi connectivity index (χ1) is 66.8. The van der Waals surface area contributed by atoms with E-state index in [1.54, 1.807) is 44.9 Å². The van der Waals surface area contributed by atoms with E-state index in [0.717, 1.165) is 101 Å². The summed E-state index contributed by atoms with van der Waals surface area (Å²) in [6.45, 7) is 103. The van der Waals surface area contributed by atoms with Crippen LogP contribution in [0, 0.1) is 165 Å². The second-order valence-corrected chi connectivity index (χ2v) is 52.2. The van der Waals surface area contributed by atoms with Crippen LogP contribution in [-0.2, 0) is 5.41 Å². The fourth-order valence-corrected chi connectivity index (χ4v) is 23.8. The van der Waals surface area contributed by atoms with E-state index >= 15 is 0 Å². The molecule has 4 bridgehead atoms. The summed E-state index contributed by atoms with van der Waals surface area (Å²) in [5.41, 5.74) is 8.54. The van der Waals surface area contributed by atoms with Crippen LogP contribution < -0.4 is 0 Å². The highest BCUT2D eigenvalue weighted by atomic mass is 14.5. The third kappa shape index (κ3) is 63.3. The zero-order valence-corrected chi connectivity index (χ0v) is 107. The minimum absolute atomic E-state index is 0. The van der Waals surface area contributed by atoms with E-state index in [1.807, 2.05) is 13.8 Å². The van der Waals surface area contributed by atoms with Gasteiger partial charge in [-0.1, -0.05) is 633 Å². The van der Waals surface area contributed by atoms with Crippen LogP contribution in [0.4, 0.5) is 0 Å². The highest BCUT2D eigenvalue weighted by molar-refractivity contribution is 5.39. The van der Waals surface area contributed by atoms with Gasteiger partial charge in [0.25, 0.3) is 0 Å². The maximum absolute atomic E-state index is 2.58. The summed E-state index contributed by atoms with van der Waals surface area (Å²) in [5.74, 6) is 22.1. The quantitative estimate of drug-likeness (QED) is 0.0687. The van der Waals surface area contributed by atoms with Crippen molar-refractivity contribution in [2.45, 2.75) is 670 Å². The molecule has 0 saturated heterocycles. The second-order valence-electron chi connectivity index (χ2n) is 52.2. The molecular weight excluding hydrogens is 1690 g/mol. The highest BCUT2D eigenvalue weighted by Crippen LogP contribution is 2.59. The van der Waals surface area contributed by atoms with Crippen LogP contribution in [0.3, 0.4) is 0 Å². The van der Waals surface area contributed by atoms with Crippen molar-refractivity contribution in [2.75, 3.05) is 0 Å². The fourth-order valence-electron chi connectivity index (χ4n) is 23.8. The Kier molecular flexibility index (Phi) is 88.4. The first-order valence-corrected chi connectivity index (χ1v) is 64.6. The first-order valence-electron chi connectivity index (χ1n) is 64.6. The number of rotatable bonds is 25. The molecule has 0 spiro atoms. The Morgan fingerprint density at radius 3 is 0.759 bits per heavy atom. The summed E-state index contributed by atoms with van der Waals surface area (Å²) >= 11 is 0. The molecule has 11 aliphatic carbocycles. The van der Waals surface area contributed by atoms with Crippen LogP contribution in [-0.4, -0.2) is 0 Å². The zero-order chi connectivity index (χ0) is 108. The lowest BCUT2D eigenvalue weighted by Gasteiger charge is -2.46. The summed E-state index contributed by atoms with van der Waals surface area (Å²) < 4.78 is 0. The van der Waals surface area contributed by atoms with Crippen molar-refractivity contribution >= 4 is 0 Å². The number of hydrogen-bond acceptors (Lipinski definition) is 0. The predicted octanol–water partition coefficient (Wildman–Crippen LogP) is 51.5. The molecule has 141 heavy (non-hydrogen) atoms. The maximum atomic E-state index is 2.58. The van der Waals surface area contributed by atoms with Crippen LogP contribution >= 0.6 is 0 Å². The van der Waals surface area contributed by atoms with Crippen LogP contribution in [0.1, 0.15) is 680 Å². The van der Waals surface area contributed by atoms with Crippen LogP contribution in [0.15, 0.2) is 60.7 Å². The van der Waals surface area contributed by atoms with Gasteiger partial charge in [-0.2, -0.15) is 0 Å². The summed E-state index contributed by atoms with van der Waals surface area (Å²) in [6.07, 6.45) is 83.5. The Labute approximate surface area is 905 Å². The lowest BCUT2D eigenvalue weighted by atomic mass is 9.59. The standard InChI is InChI=1S/C17H32.C17H20.C10H16.C10H20.C9H16.C9H20.2C8H16.C8H14.3C8H18.C7H16.C6H14.2C3H8.C2H6.5H2/c2*1-13-5-9-15(10-6-13)17(3,4)16-11-7-14(2)8-12-16;1-2-9-7-4-5-8(6-7)10(9)3-1;1-3-9-5-7-10(4-2)8-6-9;1-6-7(2)9-4-3-8(6)5-9;1-5-9(6-2,7-3)8-4;1-7-3-5-8(2)6-4-7;2*1-7-5-3-4-6-8(7)2;2*1-5-8(4,6-2)7-3;1-3-5-7-8-6-4-2;1-5-7(3,4)6-2;1-4-6(3)5-2;2*1-3-2;1-2;;;;;/h13-16H,5-12H2,1-4H3;5-12H,1-4H3;7-10H,1-6H2;9-10H,3-8H2,1-2H3;6-9H,3-5H2,1-2H3;5-8H2,1-4H3;2*7-8H,3-6H2,1-2H3;3-4,7-8H,5-6H2,1-2H3;2*5-7H2,1-4H3;3-8H2,1-2H3;5-6H2,1-4H3;6H,4-5H2,1-3H3;2*3H2,1-2H3;1-2H3;5*1H. The monoisotopic (exact) mass is 1980 g/mol. The fraction of sp³-hybridized carbons (Fsp3) is 0.901. The predicted molar refractivity (Wildman–Crippen MR) is 666 cm³/mol. The zero-order valence-electron chi connectivity index (χ0n) is 107. The van der Waals surface area contributed by atoms with Crippen LogP contribution in [0.25, 0.3) is 0 Å². The van der Waals surface area contributed by atoms with Gasteiger partial charge in [0.1, 0.15) is 0 Å². The van der Waals surface area contributed by atoms with Crippen molar-refractivity contribution in [3.8, 4) is 0 Å². The molecule has 850 valence electrons. The van der Waals surface area contributed by atoms with E-state index in [-0.39, 0.29) is 12.5 Å². The number of fused-ring (bicyclic) bond motifs is 7. The molecule has 0 heteroatoms. The Hall–Kier alpha value is -1.82. The number of aryl methyl sites for hydroxylation is 2. The second kappa shape index (κ2) is 85.7. The van der Waals surface area contributed by atoms with Gasteiger partial charge >= 0.3 is 0 Å². The SMILES string of the molecule is C1CC2C3CCC(C3)C2C1.CC.CC1C2CCC(C2)C1C.CC1CC=CCC1C.CC1CCC(C(C)(C)C2CCC(C)CC2)CC1.CC1CCC(C)CC1.CC1CCCCC1C.CCC.CCC.CCC(C)(C)CC.CCC(C)(CC)CC.CCC(C)(CC)CC.CCC(C)CC.CCC(CC)(CC)CC.CCC1CCC(CC)CC1.CCCCCCCC.Cc1ccc(C(C)(C)c2ccc(C)cc2)cc1.[HH].[HH].[HH].[HH].[HH]. The molecule has 11 aliphatic rings. The van der Waals surface area contributed by atoms with E-state index in [2.05, 4.69) is 358 Å². The Balaban J connectivity index is -0.000000198. The van der Waals surface area contributed by atoms with E-state index < -0.39 is 0 Å². The third-order valence-corrected chi connectivity index (χ3v) is 40.9. The largest absolute Gasteiger partial charge is 0.0883 e. The molecule has 13 rings (SSSR count). The molecule has 0 aliphatic heterocycles. The van der Waals surface area contributed by atoms with Gasteiger partial charge in [-0.15, -0.1) is 0 Å². The van der Waals surface area contributed by atoms with Crippen molar-refractivity contribution in [3.05, 3.63) is 82.9 Å². The highest BCUT2D eigenvalue weighted by Gasteiger charge is 2.49. The maximum Gasteiger partial charge on any atom is 0.0146 e. The first kappa shape index (κ1) is 145. The molecular formula is C141H286. The van der Waals surface area contributed by atoms with Gasteiger partial charge in [-0.25, -0.2) is 0 Å². The molecule has 0 aromatic heterocycles. The van der Waals surface area contributed by atoms with Gasteiger partial charge < -0.3 is 0 Å². The molecule has 0 radical (unpaired) electrons. The number of hydrogen-bond donors (Lipinski definition) is 0. The molecule has 12 atom stereocenters.